The van der Waals surface area contributed by atoms with Crippen LogP contribution < -0.4 is 0 Å². The molecule has 1 N–H and O–H groups in total. The third kappa shape index (κ3) is 4.37. The molecule has 8 rings (SSSR count). The van der Waals surface area contributed by atoms with Gasteiger partial charge in [-0.1, -0.05) is 42.5 Å². The molecule has 2 aromatic carbocycles. The van der Waals surface area contributed by atoms with E-state index in [1.807, 2.05) is 26.2 Å². The maximum atomic E-state index is 5.75. The van der Waals surface area contributed by atoms with Gasteiger partial charge in [-0.15, -0.1) is 0 Å². The third-order valence-corrected chi connectivity index (χ3v) is 9.54. The molecule has 6 heteroatoms. The number of aryl methyl sites for hydroxylation is 4. The van der Waals surface area contributed by atoms with Crippen molar-refractivity contribution in [2.75, 3.05) is 13.2 Å². The van der Waals surface area contributed by atoms with Crippen LogP contribution in [0.15, 0.2) is 67.1 Å². The highest BCUT2D eigenvalue weighted by atomic mass is 16.5. The summed E-state index contributed by atoms with van der Waals surface area (Å²) < 4.78 is 5.75. The molecule has 2 aliphatic heterocycles. The van der Waals surface area contributed by atoms with Gasteiger partial charge in [0.15, 0.2) is 0 Å². The van der Waals surface area contributed by atoms with Crippen molar-refractivity contribution in [3.63, 3.8) is 0 Å². The van der Waals surface area contributed by atoms with Gasteiger partial charge in [0, 0.05) is 58.8 Å². The number of H-pyrrole nitrogens is 1. The molecule has 0 amide bonds. The Morgan fingerprint density at radius 1 is 0.780 bits per heavy atom. The lowest BCUT2D eigenvalue weighted by atomic mass is 9.87. The summed E-state index contributed by atoms with van der Waals surface area (Å²) in [6, 6.07) is 20.0. The Morgan fingerprint density at radius 2 is 1.54 bits per heavy atom. The van der Waals surface area contributed by atoms with E-state index in [9.17, 15) is 0 Å². The molecule has 5 heterocycles. The molecule has 0 spiro atoms. The molecule has 5 aromatic rings. The van der Waals surface area contributed by atoms with Gasteiger partial charge in [-0.05, 0) is 74.3 Å². The van der Waals surface area contributed by atoms with Crippen LogP contribution in [-0.4, -0.2) is 56.2 Å². The summed E-state index contributed by atoms with van der Waals surface area (Å²) in [5.41, 5.74) is 12.6. The van der Waals surface area contributed by atoms with Gasteiger partial charge in [-0.3, -0.25) is 9.88 Å². The molecule has 3 atom stereocenters. The summed E-state index contributed by atoms with van der Waals surface area (Å²) in [6.07, 6.45) is 12.0. The summed E-state index contributed by atoms with van der Waals surface area (Å²) in [7, 11) is 0. The average Bonchev–Trinajstić information content (AvgIpc) is 3.32. The molecule has 41 heavy (non-hydrogen) atoms. The molecule has 0 radical (unpaired) electrons. The van der Waals surface area contributed by atoms with Crippen molar-refractivity contribution in [3.8, 4) is 33.5 Å². The molecule has 3 aromatic heterocycles. The van der Waals surface area contributed by atoms with E-state index in [4.69, 9.17) is 14.7 Å². The highest BCUT2D eigenvalue weighted by Crippen LogP contribution is 2.38. The largest absolute Gasteiger partial charge is 0.378 e. The quantitative estimate of drug-likeness (QED) is 0.257. The molecular weight excluding hydrogens is 506 g/mol. The van der Waals surface area contributed by atoms with Crippen molar-refractivity contribution in [3.05, 3.63) is 89.6 Å². The first kappa shape index (κ1) is 24.9. The highest BCUT2D eigenvalue weighted by Gasteiger charge is 2.45. The number of ether oxygens (including phenoxy) is 1. The molecule has 2 saturated heterocycles. The number of benzene rings is 2. The van der Waals surface area contributed by atoms with Crippen molar-refractivity contribution in [1.29, 1.82) is 0 Å². The van der Waals surface area contributed by atoms with Crippen LogP contribution in [0.5, 0.6) is 0 Å². The zero-order valence-electron chi connectivity index (χ0n) is 23.7. The van der Waals surface area contributed by atoms with Crippen LogP contribution in [0, 0.1) is 13.8 Å². The van der Waals surface area contributed by atoms with E-state index >= 15 is 0 Å². The van der Waals surface area contributed by atoms with Gasteiger partial charge in [0.05, 0.1) is 30.3 Å². The fourth-order valence-electron chi connectivity index (χ4n) is 7.35. The van der Waals surface area contributed by atoms with Gasteiger partial charge in [0.2, 0.25) is 0 Å². The van der Waals surface area contributed by atoms with Crippen LogP contribution in [0.4, 0.5) is 0 Å². The van der Waals surface area contributed by atoms with E-state index < -0.39 is 0 Å². The second-order valence-electron chi connectivity index (χ2n) is 12.1. The molecule has 0 saturated carbocycles. The monoisotopic (exact) mass is 541 g/mol. The van der Waals surface area contributed by atoms with Crippen molar-refractivity contribution in [2.24, 2.45) is 0 Å². The fourth-order valence-corrected chi connectivity index (χ4v) is 7.35. The van der Waals surface area contributed by atoms with E-state index in [1.165, 1.54) is 47.9 Å². The summed E-state index contributed by atoms with van der Waals surface area (Å²) in [4.78, 5) is 20.2. The summed E-state index contributed by atoms with van der Waals surface area (Å²) in [5.74, 6) is 0. The molecule has 3 aliphatic rings. The van der Waals surface area contributed by atoms with E-state index in [0.717, 1.165) is 64.4 Å². The number of rotatable bonds is 4. The van der Waals surface area contributed by atoms with E-state index in [2.05, 4.69) is 69.6 Å². The van der Waals surface area contributed by atoms with Crippen LogP contribution in [0.3, 0.4) is 0 Å². The van der Waals surface area contributed by atoms with Crippen LogP contribution in [0.25, 0.3) is 44.5 Å². The number of nitrogens with one attached hydrogen (secondary N) is 1. The van der Waals surface area contributed by atoms with Gasteiger partial charge in [0.1, 0.15) is 5.65 Å². The van der Waals surface area contributed by atoms with Crippen LogP contribution in [-0.2, 0) is 17.6 Å². The molecule has 1 aliphatic carbocycles. The molecule has 2 bridgehead atoms. The predicted molar refractivity (Wildman–Crippen MR) is 163 cm³/mol. The van der Waals surface area contributed by atoms with E-state index in [-0.39, 0.29) is 0 Å². The SMILES string of the molecule is Cc1cnc(C)c(-c2ccc(-c3c[nH]c4ncc(-c5ccc6c(c5)CCC(N5C7COCC5C7)CC6)cc34)cc2)n1. The number of morpholine rings is 1. The van der Waals surface area contributed by atoms with Gasteiger partial charge in [-0.2, -0.15) is 0 Å². The smallest absolute Gasteiger partial charge is 0.137 e. The predicted octanol–water partition coefficient (Wildman–Crippen LogP) is 6.69. The van der Waals surface area contributed by atoms with Gasteiger partial charge >= 0.3 is 0 Å². The van der Waals surface area contributed by atoms with Crippen molar-refractivity contribution < 1.29 is 4.74 Å². The van der Waals surface area contributed by atoms with Gasteiger partial charge in [0.25, 0.3) is 0 Å². The Kier molecular flexibility index (Phi) is 6.01. The number of aromatic nitrogens is 4. The fraction of sp³-hybridized carbons (Fsp3) is 0.343. The number of pyridine rings is 1. The van der Waals surface area contributed by atoms with Crippen LogP contribution in [0.1, 0.15) is 41.8 Å². The summed E-state index contributed by atoms with van der Waals surface area (Å²) >= 11 is 0. The minimum Gasteiger partial charge on any atom is -0.378 e. The minimum atomic E-state index is 0.653. The van der Waals surface area contributed by atoms with Gasteiger partial charge in [-0.25, -0.2) is 9.97 Å². The normalized spacial score (nSPS) is 22.2. The molecule has 3 unspecified atom stereocenters. The Balaban J connectivity index is 1.06. The Hall–Kier alpha value is -3.87. The second-order valence-corrected chi connectivity index (χ2v) is 12.1. The average molecular weight is 542 g/mol. The van der Waals surface area contributed by atoms with E-state index in [1.54, 1.807) is 0 Å². The topological polar surface area (TPSA) is 66.9 Å². The zero-order chi connectivity index (χ0) is 27.5. The standard InChI is InChI=1S/C35H35N5O/c1-21-16-36-22(2)34(39-21)25-6-4-24(5-7-25)33-18-38-35-32(33)14-28(17-37-35)27-8-3-23-9-11-29(12-10-26(23)13-27)40-30-15-31(40)20-41-19-30/h3-8,13-14,16-18,29-31H,9-12,15,19-20H2,1-2H3,(H,37,38). The van der Waals surface area contributed by atoms with Crippen molar-refractivity contribution in [1.82, 2.24) is 24.8 Å². The molecule has 206 valence electrons. The Morgan fingerprint density at radius 3 is 2.34 bits per heavy atom. The number of hydrogen-bond acceptors (Lipinski definition) is 5. The Bertz CT molecular complexity index is 1740. The second kappa shape index (κ2) is 9.89. The minimum absolute atomic E-state index is 0.653. The first-order valence-electron chi connectivity index (χ1n) is 15.0. The summed E-state index contributed by atoms with van der Waals surface area (Å²) in [6.45, 7) is 5.84. The lowest BCUT2D eigenvalue weighted by molar-refractivity contribution is -0.148. The number of aromatic amines is 1. The highest BCUT2D eigenvalue weighted by molar-refractivity contribution is 5.96. The number of fused-ring (bicyclic) bond motifs is 4. The van der Waals surface area contributed by atoms with E-state index in [0.29, 0.717) is 18.1 Å². The zero-order valence-corrected chi connectivity index (χ0v) is 23.7. The van der Waals surface area contributed by atoms with Crippen LogP contribution in [0.2, 0.25) is 0 Å². The first-order chi connectivity index (χ1) is 20.1. The maximum Gasteiger partial charge on any atom is 0.137 e. The van der Waals surface area contributed by atoms with Crippen molar-refractivity contribution in [2.45, 2.75) is 64.1 Å². The Labute approximate surface area is 240 Å². The van der Waals surface area contributed by atoms with Gasteiger partial charge < -0.3 is 9.72 Å². The number of nitrogens with zero attached hydrogens (tertiary/aromatic N) is 4. The van der Waals surface area contributed by atoms with Crippen molar-refractivity contribution >= 4 is 11.0 Å². The lowest BCUT2D eigenvalue weighted by Gasteiger charge is -2.56. The molecule has 2 fully saturated rings. The first-order valence-corrected chi connectivity index (χ1v) is 15.0. The summed E-state index contributed by atoms with van der Waals surface area (Å²) in [5, 5.41) is 1.14. The third-order valence-electron chi connectivity index (χ3n) is 9.54. The molecule has 6 nitrogen and oxygen atoms in total. The van der Waals surface area contributed by atoms with Crippen LogP contribution >= 0.6 is 0 Å². The lowest BCUT2D eigenvalue weighted by Crippen LogP contribution is -2.66. The number of hydrogen-bond donors (Lipinski definition) is 1. The maximum absolute atomic E-state index is 5.75. The molecular formula is C35H35N5O.